The first-order chi connectivity index (χ1) is 14.4. The molecule has 0 radical (unpaired) electrons. The van der Waals surface area contributed by atoms with Crippen molar-refractivity contribution in [3.8, 4) is 17.8 Å². The summed E-state index contributed by atoms with van der Waals surface area (Å²) in [4.78, 5) is 35.0. The van der Waals surface area contributed by atoms with Crippen LogP contribution in [0.2, 0.25) is 0 Å². The molecule has 1 amide bonds. The number of nitriles is 1. The van der Waals surface area contributed by atoms with E-state index in [4.69, 9.17) is 10.00 Å². The summed E-state index contributed by atoms with van der Waals surface area (Å²) in [5.41, 5.74) is 3.29. The maximum absolute atomic E-state index is 12.5. The number of pyridine rings is 1. The fourth-order valence-electron chi connectivity index (χ4n) is 3.15. The molecule has 8 nitrogen and oxygen atoms in total. The van der Waals surface area contributed by atoms with Crippen LogP contribution >= 0.6 is 0 Å². The van der Waals surface area contributed by atoms with Gasteiger partial charge in [0.2, 0.25) is 5.91 Å². The zero-order valence-electron chi connectivity index (χ0n) is 16.9. The van der Waals surface area contributed by atoms with E-state index >= 15 is 0 Å². The molecular weight excluding hydrogens is 382 g/mol. The number of rotatable bonds is 6. The van der Waals surface area contributed by atoms with Crippen LogP contribution in [-0.4, -0.2) is 20.9 Å². The van der Waals surface area contributed by atoms with Gasteiger partial charge in [-0.2, -0.15) is 5.26 Å². The van der Waals surface area contributed by atoms with Crippen molar-refractivity contribution in [1.29, 1.82) is 5.26 Å². The van der Waals surface area contributed by atoms with Gasteiger partial charge in [-0.3, -0.25) is 9.59 Å². The van der Waals surface area contributed by atoms with Gasteiger partial charge >= 0.3 is 6.01 Å². The summed E-state index contributed by atoms with van der Waals surface area (Å²) in [6.45, 7) is 5.36. The standard InChI is InChI=1S/C22H21N5O3/c1-13-11-16(30-22-24-9-4-10-25-22)5-7-19(13)27-20(28)8-6-17-14(2)18(12-23)21(29)26-15(17)3/h4-5,7,9-11H,6,8H2,1-3H3,(H,26,29)(H,27,28). The van der Waals surface area contributed by atoms with E-state index in [0.717, 1.165) is 11.1 Å². The Morgan fingerprint density at radius 2 is 1.97 bits per heavy atom. The first-order valence-electron chi connectivity index (χ1n) is 9.37. The normalized spacial score (nSPS) is 10.3. The molecule has 2 heterocycles. The molecule has 3 rings (SSSR count). The van der Waals surface area contributed by atoms with Gasteiger partial charge in [0.1, 0.15) is 17.4 Å². The molecule has 0 aliphatic rings. The van der Waals surface area contributed by atoms with Crippen LogP contribution in [0.1, 0.15) is 34.4 Å². The highest BCUT2D eigenvalue weighted by Gasteiger charge is 2.14. The number of carbonyl (C=O) groups is 1. The average molecular weight is 403 g/mol. The zero-order valence-corrected chi connectivity index (χ0v) is 16.9. The lowest BCUT2D eigenvalue weighted by atomic mass is 9.99. The molecular formula is C22H21N5O3. The smallest absolute Gasteiger partial charge is 0.321 e. The number of nitrogens with zero attached hydrogens (tertiary/aromatic N) is 3. The Morgan fingerprint density at radius 3 is 2.63 bits per heavy atom. The Bertz CT molecular complexity index is 1180. The molecule has 0 bridgehead atoms. The number of benzene rings is 1. The molecule has 8 heteroatoms. The number of H-pyrrole nitrogens is 1. The van der Waals surface area contributed by atoms with Crippen molar-refractivity contribution in [2.75, 3.05) is 5.32 Å². The van der Waals surface area contributed by atoms with E-state index in [1.807, 2.05) is 13.0 Å². The minimum atomic E-state index is -0.403. The lowest BCUT2D eigenvalue weighted by Crippen LogP contribution is -2.18. The van der Waals surface area contributed by atoms with Crippen molar-refractivity contribution in [3.05, 3.63) is 75.0 Å². The van der Waals surface area contributed by atoms with Gasteiger partial charge in [-0.05, 0) is 68.1 Å². The summed E-state index contributed by atoms with van der Waals surface area (Å²) in [7, 11) is 0. The molecule has 30 heavy (non-hydrogen) atoms. The van der Waals surface area contributed by atoms with Crippen LogP contribution < -0.4 is 15.6 Å². The number of aryl methyl sites for hydroxylation is 2. The van der Waals surface area contributed by atoms with Gasteiger partial charge in [0.25, 0.3) is 5.56 Å². The SMILES string of the molecule is Cc1cc(Oc2ncccn2)ccc1NC(=O)CCc1c(C)[nH]c(=O)c(C#N)c1C. The number of hydrogen-bond donors (Lipinski definition) is 2. The topological polar surface area (TPSA) is 121 Å². The zero-order chi connectivity index (χ0) is 21.7. The number of carbonyl (C=O) groups excluding carboxylic acids is 1. The third-order valence-corrected chi connectivity index (χ3v) is 4.75. The lowest BCUT2D eigenvalue weighted by molar-refractivity contribution is -0.116. The fraction of sp³-hybridized carbons (Fsp3) is 0.227. The number of aromatic nitrogens is 3. The van der Waals surface area contributed by atoms with Gasteiger partial charge < -0.3 is 15.0 Å². The van der Waals surface area contributed by atoms with E-state index < -0.39 is 5.56 Å². The van der Waals surface area contributed by atoms with Gasteiger partial charge in [-0.25, -0.2) is 9.97 Å². The molecule has 152 valence electrons. The fourth-order valence-corrected chi connectivity index (χ4v) is 3.15. The monoisotopic (exact) mass is 403 g/mol. The maximum Gasteiger partial charge on any atom is 0.321 e. The van der Waals surface area contributed by atoms with E-state index in [1.165, 1.54) is 0 Å². The second-order valence-corrected chi connectivity index (χ2v) is 6.83. The third-order valence-electron chi connectivity index (χ3n) is 4.75. The molecule has 0 saturated carbocycles. The predicted molar refractivity (Wildman–Crippen MR) is 111 cm³/mol. The van der Waals surface area contributed by atoms with Crippen LogP contribution in [0.5, 0.6) is 11.8 Å². The van der Waals surface area contributed by atoms with Gasteiger partial charge in [0.15, 0.2) is 0 Å². The molecule has 2 N–H and O–H groups in total. The average Bonchev–Trinajstić information content (AvgIpc) is 2.71. The summed E-state index contributed by atoms with van der Waals surface area (Å²) >= 11 is 0. The van der Waals surface area contributed by atoms with Crippen molar-refractivity contribution >= 4 is 11.6 Å². The highest BCUT2D eigenvalue weighted by Crippen LogP contribution is 2.24. The Hall–Kier alpha value is -3.99. The lowest BCUT2D eigenvalue weighted by Gasteiger charge is -2.12. The maximum atomic E-state index is 12.5. The predicted octanol–water partition coefficient (Wildman–Crippen LogP) is 3.33. The first-order valence-corrected chi connectivity index (χ1v) is 9.37. The molecule has 0 aliphatic heterocycles. The van der Waals surface area contributed by atoms with E-state index in [9.17, 15) is 9.59 Å². The van der Waals surface area contributed by atoms with E-state index in [0.29, 0.717) is 29.1 Å². The van der Waals surface area contributed by atoms with E-state index in [2.05, 4.69) is 20.3 Å². The Labute approximate surface area is 173 Å². The summed E-state index contributed by atoms with van der Waals surface area (Å²) in [5, 5.41) is 12.1. The molecule has 0 atom stereocenters. The number of ether oxygens (including phenoxy) is 1. The first kappa shape index (κ1) is 20.7. The summed E-state index contributed by atoms with van der Waals surface area (Å²) in [6, 6.07) is 9.16. The largest absolute Gasteiger partial charge is 0.424 e. The minimum Gasteiger partial charge on any atom is -0.424 e. The molecule has 0 unspecified atom stereocenters. The van der Waals surface area contributed by atoms with Gasteiger partial charge in [-0.1, -0.05) is 0 Å². The van der Waals surface area contributed by atoms with Crippen LogP contribution in [0.25, 0.3) is 0 Å². The number of nitrogens with one attached hydrogen (secondary N) is 2. The van der Waals surface area contributed by atoms with Gasteiger partial charge in [0, 0.05) is 30.2 Å². The van der Waals surface area contributed by atoms with Crippen molar-refractivity contribution in [2.24, 2.45) is 0 Å². The molecule has 0 fully saturated rings. The number of hydrogen-bond acceptors (Lipinski definition) is 6. The van der Waals surface area contributed by atoms with Crippen LogP contribution in [0.3, 0.4) is 0 Å². The number of amides is 1. The second kappa shape index (κ2) is 9.01. The van der Waals surface area contributed by atoms with Gasteiger partial charge in [-0.15, -0.1) is 0 Å². The molecule has 0 aliphatic carbocycles. The molecule has 3 aromatic rings. The van der Waals surface area contributed by atoms with E-state index in [1.54, 1.807) is 50.5 Å². The van der Waals surface area contributed by atoms with E-state index in [-0.39, 0.29) is 23.9 Å². The van der Waals surface area contributed by atoms with Crippen molar-refractivity contribution in [3.63, 3.8) is 0 Å². The summed E-state index contributed by atoms with van der Waals surface area (Å²) < 4.78 is 5.59. The van der Waals surface area contributed by atoms with Crippen LogP contribution in [0.15, 0.2) is 41.5 Å². The van der Waals surface area contributed by atoms with Crippen molar-refractivity contribution in [2.45, 2.75) is 33.6 Å². The summed E-state index contributed by atoms with van der Waals surface area (Å²) in [6.07, 6.45) is 3.82. The molecule has 1 aromatic carbocycles. The number of aromatic amines is 1. The highest BCUT2D eigenvalue weighted by molar-refractivity contribution is 5.91. The Morgan fingerprint density at radius 1 is 1.23 bits per heavy atom. The highest BCUT2D eigenvalue weighted by atomic mass is 16.5. The van der Waals surface area contributed by atoms with Crippen LogP contribution in [-0.2, 0) is 11.2 Å². The molecule has 0 saturated heterocycles. The van der Waals surface area contributed by atoms with Crippen LogP contribution in [0.4, 0.5) is 5.69 Å². The number of anilines is 1. The quantitative estimate of drug-likeness (QED) is 0.651. The van der Waals surface area contributed by atoms with Crippen molar-refractivity contribution in [1.82, 2.24) is 15.0 Å². The second-order valence-electron chi connectivity index (χ2n) is 6.83. The van der Waals surface area contributed by atoms with Crippen LogP contribution in [0, 0.1) is 32.1 Å². The molecule has 2 aromatic heterocycles. The third kappa shape index (κ3) is 4.70. The Balaban J connectivity index is 1.66. The minimum absolute atomic E-state index is 0.0878. The Kier molecular flexibility index (Phi) is 6.23. The van der Waals surface area contributed by atoms with Crippen molar-refractivity contribution < 1.29 is 9.53 Å². The summed E-state index contributed by atoms with van der Waals surface area (Å²) in [5.74, 6) is 0.405. The van der Waals surface area contributed by atoms with Gasteiger partial charge in [0.05, 0.1) is 0 Å². The molecule has 0 spiro atoms.